The highest BCUT2D eigenvalue weighted by atomic mass is 19.4. The molecule has 0 radical (unpaired) electrons. The Hall–Kier alpha value is -3.43. The summed E-state index contributed by atoms with van der Waals surface area (Å²) in [5.74, 6) is -0.377. The van der Waals surface area contributed by atoms with E-state index in [2.05, 4.69) is 0 Å². The van der Waals surface area contributed by atoms with Gasteiger partial charge in [-0.3, -0.25) is 4.79 Å². The van der Waals surface area contributed by atoms with Crippen LogP contribution in [0.5, 0.6) is 23.0 Å². The van der Waals surface area contributed by atoms with Crippen molar-refractivity contribution in [1.29, 1.82) is 0 Å². The molecule has 34 heavy (non-hydrogen) atoms. The number of hydrogen-bond donors (Lipinski definition) is 0. The van der Waals surface area contributed by atoms with Gasteiger partial charge in [0.2, 0.25) is 0 Å². The number of ether oxygens (including phenoxy) is 4. The van der Waals surface area contributed by atoms with Gasteiger partial charge in [-0.25, -0.2) is 0 Å². The molecule has 0 saturated heterocycles. The molecule has 0 fully saturated rings. The third-order valence-electron chi connectivity index (χ3n) is 5.93. The van der Waals surface area contributed by atoms with Crippen LogP contribution in [0.25, 0.3) is 0 Å². The zero-order chi connectivity index (χ0) is 25.0. The summed E-state index contributed by atoms with van der Waals surface area (Å²) in [6.45, 7) is -0.123. The fourth-order valence-electron chi connectivity index (χ4n) is 4.30. The molecule has 1 heterocycles. The normalized spacial score (nSPS) is 15.4. The van der Waals surface area contributed by atoms with Crippen LogP contribution in [0.3, 0.4) is 0 Å². The summed E-state index contributed by atoms with van der Waals surface area (Å²) in [6, 6.07) is 5.62. The molecule has 0 N–H and O–H groups in total. The van der Waals surface area contributed by atoms with Crippen molar-refractivity contribution >= 4 is 12.2 Å². The largest absolute Gasteiger partial charge is 0.493 e. The number of carbonyl (C=O) groups is 2. The molecule has 1 atom stereocenters. The average Bonchev–Trinajstić information content (AvgIpc) is 2.82. The Morgan fingerprint density at radius 3 is 2.00 bits per heavy atom. The molecule has 0 aromatic heterocycles. The van der Waals surface area contributed by atoms with Crippen molar-refractivity contribution in [3.05, 3.63) is 46.5 Å². The van der Waals surface area contributed by atoms with Crippen LogP contribution in [0.2, 0.25) is 0 Å². The molecule has 184 valence electrons. The van der Waals surface area contributed by atoms with E-state index < -0.39 is 18.1 Å². The van der Waals surface area contributed by atoms with Crippen LogP contribution in [0, 0.1) is 0 Å². The molecular formula is C24H26F3NO6. The van der Waals surface area contributed by atoms with Crippen LogP contribution in [0.1, 0.15) is 28.3 Å². The van der Waals surface area contributed by atoms with Crippen molar-refractivity contribution < 1.29 is 41.7 Å². The van der Waals surface area contributed by atoms with E-state index in [0.29, 0.717) is 46.0 Å². The second-order valence-corrected chi connectivity index (χ2v) is 7.72. The van der Waals surface area contributed by atoms with Crippen LogP contribution in [0.15, 0.2) is 24.3 Å². The fraction of sp³-hybridized carbons (Fsp3) is 0.417. The van der Waals surface area contributed by atoms with E-state index in [1.165, 1.54) is 28.4 Å². The van der Waals surface area contributed by atoms with Crippen LogP contribution in [-0.4, -0.2) is 58.3 Å². The van der Waals surface area contributed by atoms with Gasteiger partial charge in [0.15, 0.2) is 23.0 Å². The average molecular weight is 481 g/mol. The standard InChI is InChI=1S/C24H26F3NO6/c1-31-19-10-14(6-8-29)16(12-21(19)33-3)9-18-17-13-22(34-4)20(32-2)11-15(17)5-7-28(18)23(30)24(25,26)27/h8,10-13,18H,5-7,9H2,1-4H3. The first-order valence-electron chi connectivity index (χ1n) is 10.5. The van der Waals surface area contributed by atoms with Crippen molar-refractivity contribution in [3.8, 4) is 23.0 Å². The second kappa shape index (κ2) is 10.2. The van der Waals surface area contributed by atoms with Crippen LogP contribution >= 0.6 is 0 Å². The van der Waals surface area contributed by atoms with E-state index >= 15 is 0 Å². The van der Waals surface area contributed by atoms with Gasteiger partial charge in [0.1, 0.15) is 6.29 Å². The molecule has 0 aliphatic carbocycles. The number of aldehydes is 1. The lowest BCUT2D eigenvalue weighted by Crippen LogP contribution is -2.47. The highest BCUT2D eigenvalue weighted by molar-refractivity contribution is 5.83. The maximum atomic E-state index is 13.5. The van der Waals surface area contributed by atoms with E-state index in [4.69, 9.17) is 18.9 Å². The van der Waals surface area contributed by atoms with Crippen molar-refractivity contribution in [2.45, 2.75) is 31.5 Å². The smallest absolute Gasteiger partial charge is 0.471 e. The lowest BCUT2D eigenvalue weighted by Gasteiger charge is -2.38. The van der Waals surface area contributed by atoms with E-state index in [1.807, 2.05) is 0 Å². The molecule has 0 spiro atoms. The maximum Gasteiger partial charge on any atom is 0.471 e. The van der Waals surface area contributed by atoms with E-state index in [9.17, 15) is 22.8 Å². The van der Waals surface area contributed by atoms with Crippen LogP contribution in [-0.2, 0) is 28.9 Å². The zero-order valence-corrected chi connectivity index (χ0v) is 19.3. The lowest BCUT2D eigenvalue weighted by atomic mass is 9.86. The molecule has 3 rings (SSSR count). The number of alkyl halides is 3. The third-order valence-corrected chi connectivity index (χ3v) is 5.93. The predicted molar refractivity (Wildman–Crippen MR) is 117 cm³/mol. The topological polar surface area (TPSA) is 74.3 Å². The van der Waals surface area contributed by atoms with Gasteiger partial charge < -0.3 is 28.6 Å². The minimum atomic E-state index is -5.03. The number of methoxy groups -OCH3 is 4. The number of carbonyl (C=O) groups excluding carboxylic acids is 2. The van der Waals surface area contributed by atoms with Gasteiger partial charge in [-0.1, -0.05) is 0 Å². The first kappa shape index (κ1) is 25.2. The molecule has 2 aromatic carbocycles. The number of halogens is 3. The summed E-state index contributed by atoms with van der Waals surface area (Å²) in [6.07, 6.45) is -4.06. The lowest BCUT2D eigenvalue weighted by molar-refractivity contribution is -0.188. The predicted octanol–water partition coefficient (Wildman–Crippen LogP) is 3.69. The van der Waals surface area contributed by atoms with E-state index in [0.717, 1.165) is 10.5 Å². The Kier molecular flexibility index (Phi) is 7.58. The summed E-state index contributed by atoms with van der Waals surface area (Å²) in [5, 5.41) is 0. The van der Waals surface area contributed by atoms with Gasteiger partial charge in [-0.05, 0) is 59.4 Å². The Labute approximate surface area is 195 Å². The van der Waals surface area contributed by atoms with Crippen molar-refractivity contribution in [2.75, 3.05) is 35.0 Å². The zero-order valence-electron chi connectivity index (χ0n) is 19.3. The van der Waals surface area contributed by atoms with E-state index in [-0.39, 0.29) is 25.8 Å². The number of benzene rings is 2. The fourth-order valence-corrected chi connectivity index (χ4v) is 4.30. The molecule has 1 aliphatic heterocycles. The molecule has 2 aromatic rings. The summed E-state index contributed by atoms with van der Waals surface area (Å²) < 4.78 is 61.8. The van der Waals surface area contributed by atoms with Crippen LogP contribution in [0.4, 0.5) is 13.2 Å². The number of rotatable bonds is 8. The summed E-state index contributed by atoms with van der Waals surface area (Å²) in [4.78, 5) is 24.5. The highest BCUT2D eigenvalue weighted by Gasteiger charge is 2.46. The van der Waals surface area contributed by atoms with E-state index in [1.54, 1.807) is 24.3 Å². The SMILES string of the molecule is COc1cc(CC=O)c(CC2c3cc(OC)c(OC)cc3CCN2C(=O)C(F)(F)F)cc1OC. The van der Waals surface area contributed by atoms with Gasteiger partial charge in [0.05, 0.1) is 34.5 Å². The Bertz CT molecular complexity index is 1070. The molecule has 0 bridgehead atoms. The monoisotopic (exact) mass is 481 g/mol. The Morgan fingerprint density at radius 2 is 1.47 bits per heavy atom. The molecule has 10 heteroatoms. The number of amides is 1. The third kappa shape index (κ3) is 4.90. The molecule has 1 amide bonds. The Balaban J connectivity index is 2.17. The minimum Gasteiger partial charge on any atom is -0.493 e. The van der Waals surface area contributed by atoms with Gasteiger partial charge in [0, 0.05) is 13.0 Å². The quantitative estimate of drug-likeness (QED) is 0.536. The number of hydrogen-bond acceptors (Lipinski definition) is 6. The first-order chi connectivity index (χ1) is 16.2. The summed E-state index contributed by atoms with van der Waals surface area (Å²) in [5.41, 5.74) is 2.41. The summed E-state index contributed by atoms with van der Waals surface area (Å²) in [7, 11) is 5.78. The van der Waals surface area contributed by atoms with Crippen molar-refractivity contribution in [1.82, 2.24) is 4.90 Å². The van der Waals surface area contributed by atoms with Crippen LogP contribution < -0.4 is 18.9 Å². The maximum absolute atomic E-state index is 13.5. The molecule has 7 nitrogen and oxygen atoms in total. The van der Waals surface area contributed by atoms with Gasteiger partial charge in [0.25, 0.3) is 0 Å². The molecule has 1 unspecified atom stereocenters. The molecular weight excluding hydrogens is 455 g/mol. The van der Waals surface area contributed by atoms with Crippen molar-refractivity contribution in [3.63, 3.8) is 0 Å². The minimum absolute atomic E-state index is 0.0217. The number of nitrogens with zero attached hydrogens (tertiary/aromatic N) is 1. The molecule has 1 aliphatic rings. The Morgan fingerprint density at radius 1 is 0.941 bits per heavy atom. The highest BCUT2D eigenvalue weighted by Crippen LogP contribution is 2.42. The van der Waals surface area contributed by atoms with Gasteiger partial charge in [-0.15, -0.1) is 0 Å². The van der Waals surface area contributed by atoms with Gasteiger partial charge in [-0.2, -0.15) is 13.2 Å². The first-order valence-corrected chi connectivity index (χ1v) is 10.5. The number of fused-ring (bicyclic) bond motifs is 1. The van der Waals surface area contributed by atoms with Gasteiger partial charge >= 0.3 is 12.1 Å². The second-order valence-electron chi connectivity index (χ2n) is 7.72. The van der Waals surface area contributed by atoms with Crippen molar-refractivity contribution in [2.24, 2.45) is 0 Å². The molecule has 0 saturated carbocycles. The summed E-state index contributed by atoms with van der Waals surface area (Å²) >= 11 is 0.